The number of nitrogens with zero attached hydrogens (tertiary/aromatic N) is 3. The van der Waals surface area contributed by atoms with Crippen LogP contribution < -0.4 is 5.32 Å². The van der Waals surface area contributed by atoms with Crippen LogP contribution in [-0.4, -0.2) is 46.3 Å². The quantitative estimate of drug-likeness (QED) is 0.862. The molecule has 3 rings (SSSR count). The lowest BCUT2D eigenvalue weighted by atomic mass is 9.99. The van der Waals surface area contributed by atoms with Crippen LogP contribution >= 0.6 is 0 Å². The highest BCUT2D eigenvalue weighted by Crippen LogP contribution is 2.16. The zero-order valence-corrected chi connectivity index (χ0v) is 12.9. The lowest BCUT2D eigenvalue weighted by molar-refractivity contribution is -0.139. The summed E-state index contributed by atoms with van der Waals surface area (Å²) in [5.74, 6) is -0.186. The molecule has 0 aliphatic carbocycles. The van der Waals surface area contributed by atoms with Crippen molar-refractivity contribution in [1.82, 2.24) is 20.2 Å². The average Bonchev–Trinajstić information content (AvgIpc) is 2.51. The molecule has 2 aromatic rings. The normalized spacial score (nSPS) is 14.9. The standard InChI is InChI=1S/C17H18N4O2/c1-2-18-17(23)12-10-21(11-12)16(22)8-7-13-9-19-14-5-3-4-6-15(14)20-13/h3-9,12H,2,10-11H2,1H3,(H,18,23). The first-order valence-electron chi connectivity index (χ1n) is 7.64. The van der Waals surface area contributed by atoms with E-state index in [9.17, 15) is 9.59 Å². The lowest BCUT2D eigenvalue weighted by Gasteiger charge is -2.37. The van der Waals surface area contributed by atoms with Crippen molar-refractivity contribution in [3.05, 3.63) is 42.2 Å². The van der Waals surface area contributed by atoms with Crippen LogP contribution in [0.15, 0.2) is 36.5 Å². The van der Waals surface area contributed by atoms with Gasteiger partial charge in [0.05, 0.1) is 28.8 Å². The number of aromatic nitrogens is 2. The van der Waals surface area contributed by atoms with Crippen molar-refractivity contribution in [2.75, 3.05) is 19.6 Å². The van der Waals surface area contributed by atoms with Crippen molar-refractivity contribution in [3.8, 4) is 0 Å². The zero-order chi connectivity index (χ0) is 16.2. The van der Waals surface area contributed by atoms with Crippen molar-refractivity contribution < 1.29 is 9.59 Å². The van der Waals surface area contributed by atoms with E-state index < -0.39 is 0 Å². The molecule has 2 heterocycles. The molecule has 1 fully saturated rings. The molecule has 0 atom stereocenters. The van der Waals surface area contributed by atoms with E-state index in [-0.39, 0.29) is 17.7 Å². The fraction of sp³-hybridized carbons (Fsp3) is 0.294. The number of fused-ring (bicyclic) bond motifs is 1. The lowest BCUT2D eigenvalue weighted by Crippen LogP contribution is -2.55. The molecule has 0 bridgehead atoms. The Labute approximate surface area is 134 Å². The first-order chi connectivity index (χ1) is 11.2. The Morgan fingerprint density at radius 3 is 2.78 bits per heavy atom. The number of hydrogen-bond donors (Lipinski definition) is 1. The minimum Gasteiger partial charge on any atom is -0.356 e. The second-order valence-electron chi connectivity index (χ2n) is 5.45. The monoisotopic (exact) mass is 310 g/mol. The van der Waals surface area contributed by atoms with E-state index in [1.807, 2.05) is 31.2 Å². The molecule has 1 aliphatic rings. The zero-order valence-electron chi connectivity index (χ0n) is 12.9. The summed E-state index contributed by atoms with van der Waals surface area (Å²) in [7, 11) is 0. The van der Waals surface area contributed by atoms with Gasteiger partial charge < -0.3 is 10.2 Å². The number of likely N-dealkylation sites (tertiary alicyclic amines) is 1. The van der Waals surface area contributed by atoms with Crippen molar-refractivity contribution in [2.24, 2.45) is 5.92 Å². The van der Waals surface area contributed by atoms with E-state index in [0.717, 1.165) is 11.0 Å². The van der Waals surface area contributed by atoms with Crippen molar-refractivity contribution in [1.29, 1.82) is 0 Å². The Morgan fingerprint density at radius 2 is 2.04 bits per heavy atom. The van der Waals surface area contributed by atoms with Gasteiger partial charge in [0, 0.05) is 25.7 Å². The number of carbonyl (C=O) groups is 2. The van der Waals surface area contributed by atoms with Crippen LogP contribution in [0.5, 0.6) is 0 Å². The second-order valence-corrected chi connectivity index (χ2v) is 5.45. The van der Waals surface area contributed by atoms with Crippen molar-refractivity contribution in [2.45, 2.75) is 6.92 Å². The van der Waals surface area contributed by atoms with Gasteiger partial charge in [-0.25, -0.2) is 4.98 Å². The molecule has 6 heteroatoms. The smallest absolute Gasteiger partial charge is 0.246 e. The van der Waals surface area contributed by atoms with Crippen LogP contribution in [0.2, 0.25) is 0 Å². The predicted octanol–water partition coefficient (Wildman–Crippen LogP) is 1.24. The van der Waals surface area contributed by atoms with Crippen LogP contribution in [0.3, 0.4) is 0 Å². The summed E-state index contributed by atoms with van der Waals surface area (Å²) in [6.07, 6.45) is 4.77. The number of benzene rings is 1. The highest BCUT2D eigenvalue weighted by Gasteiger charge is 2.34. The molecule has 1 aliphatic heterocycles. The Kier molecular flexibility index (Phi) is 4.32. The molecule has 118 valence electrons. The molecule has 1 aromatic carbocycles. The molecule has 23 heavy (non-hydrogen) atoms. The van der Waals surface area contributed by atoms with Gasteiger partial charge in [0.1, 0.15) is 0 Å². The van der Waals surface area contributed by atoms with Gasteiger partial charge in [-0.1, -0.05) is 12.1 Å². The van der Waals surface area contributed by atoms with Gasteiger partial charge in [0.15, 0.2) is 0 Å². The highest BCUT2D eigenvalue weighted by molar-refractivity contribution is 5.93. The summed E-state index contributed by atoms with van der Waals surface area (Å²) in [6.45, 7) is 3.44. The summed E-state index contributed by atoms with van der Waals surface area (Å²) < 4.78 is 0. The van der Waals surface area contributed by atoms with Crippen molar-refractivity contribution >= 4 is 28.9 Å². The Morgan fingerprint density at radius 1 is 1.30 bits per heavy atom. The molecular weight excluding hydrogens is 292 g/mol. The Hall–Kier alpha value is -2.76. The minimum absolute atomic E-state index is 0.0147. The van der Waals surface area contributed by atoms with Gasteiger partial charge in [0.2, 0.25) is 11.8 Å². The predicted molar refractivity (Wildman–Crippen MR) is 87.3 cm³/mol. The first kappa shape index (κ1) is 15.1. The third kappa shape index (κ3) is 3.36. The average molecular weight is 310 g/mol. The van der Waals surface area contributed by atoms with E-state index in [1.165, 1.54) is 6.08 Å². The number of amides is 2. The summed E-state index contributed by atoms with van der Waals surface area (Å²) in [5.41, 5.74) is 2.25. The third-order valence-electron chi connectivity index (χ3n) is 3.78. The second kappa shape index (κ2) is 6.56. The molecule has 6 nitrogen and oxygen atoms in total. The first-order valence-corrected chi connectivity index (χ1v) is 7.64. The molecule has 0 spiro atoms. The number of hydrogen-bond acceptors (Lipinski definition) is 4. The maximum Gasteiger partial charge on any atom is 0.246 e. The van der Waals surface area contributed by atoms with E-state index in [1.54, 1.807) is 17.2 Å². The van der Waals surface area contributed by atoms with Crippen LogP contribution in [-0.2, 0) is 9.59 Å². The van der Waals surface area contributed by atoms with Crippen LogP contribution in [0.4, 0.5) is 0 Å². The Balaban J connectivity index is 1.59. The molecule has 1 N–H and O–H groups in total. The van der Waals surface area contributed by atoms with Crippen LogP contribution in [0.1, 0.15) is 12.6 Å². The van der Waals surface area contributed by atoms with Gasteiger partial charge >= 0.3 is 0 Å². The molecule has 1 aromatic heterocycles. The molecule has 0 unspecified atom stereocenters. The third-order valence-corrected chi connectivity index (χ3v) is 3.78. The van der Waals surface area contributed by atoms with Gasteiger partial charge in [-0.2, -0.15) is 0 Å². The van der Waals surface area contributed by atoms with Gasteiger partial charge in [-0.3, -0.25) is 14.6 Å². The number of carbonyl (C=O) groups excluding carboxylic acids is 2. The fourth-order valence-corrected chi connectivity index (χ4v) is 2.46. The minimum atomic E-state index is -0.111. The maximum absolute atomic E-state index is 12.0. The fourth-order valence-electron chi connectivity index (χ4n) is 2.46. The van der Waals surface area contributed by atoms with Gasteiger partial charge in [-0.05, 0) is 25.1 Å². The molecule has 0 saturated carbocycles. The summed E-state index contributed by atoms with van der Waals surface area (Å²) in [4.78, 5) is 34.0. The topological polar surface area (TPSA) is 75.2 Å². The van der Waals surface area contributed by atoms with Crippen LogP contribution in [0, 0.1) is 5.92 Å². The SMILES string of the molecule is CCNC(=O)C1CN(C(=O)C=Cc2cnc3ccccc3n2)C1. The van der Waals surface area contributed by atoms with Gasteiger partial charge in [0.25, 0.3) is 0 Å². The Bertz CT molecular complexity index is 766. The molecule has 0 radical (unpaired) electrons. The summed E-state index contributed by atoms with van der Waals surface area (Å²) in [6, 6.07) is 7.58. The number of para-hydroxylation sites is 2. The maximum atomic E-state index is 12.0. The summed E-state index contributed by atoms with van der Waals surface area (Å²) >= 11 is 0. The van der Waals surface area contributed by atoms with Crippen LogP contribution in [0.25, 0.3) is 17.1 Å². The molecular formula is C17H18N4O2. The van der Waals surface area contributed by atoms with E-state index in [0.29, 0.717) is 25.3 Å². The van der Waals surface area contributed by atoms with E-state index in [2.05, 4.69) is 15.3 Å². The van der Waals surface area contributed by atoms with E-state index in [4.69, 9.17) is 0 Å². The largest absolute Gasteiger partial charge is 0.356 e. The van der Waals surface area contributed by atoms with Gasteiger partial charge in [-0.15, -0.1) is 0 Å². The molecule has 2 amide bonds. The highest BCUT2D eigenvalue weighted by atomic mass is 16.2. The summed E-state index contributed by atoms with van der Waals surface area (Å²) in [5, 5.41) is 2.77. The van der Waals surface area contributed by atoms with Crippen molar-refractivity contribution in [3.63, 3.8) is 0 Å². The number of nitrogens with one attached hydrogen (secondary N) is 1. The molecule has 1 saturated heterocycles. The van der Waals surface area contributed by atoms with E-state index >= 15 is 0 Å². The number of rotatable bonds is 4.